The monoisotopic (exact) mass is 272 g/mol. The maximum atomic E-state index is 13.9. The molecule has 20 heavy (non-hydrogen) atoms. The van der Waals surface area contributed by atoms with E-state index >= 15 is 0 Å². The molecule has 0 fully saturated rings. The first-order valence-electron chi connectivity index (χ1n) is 6.19. The Morgan fingerprint density at radius 3 is 2.85 bits per heavy atom. The van der Waals surface area contributed by atoms with Crippen molar-refractivity contribution in [2.45, 2.75) is 6.54 Å². The molecular formula is C15H13FN2O2. The minimum Gasteiger partial charge on any atom is -0.497 e. The van der Waals surface area contributed by atoms with Crippen LogP contribution in [0.4, 0.5) is 4.39 Å². The Labute approximate surface area is 114 Å². The second-order valence-electron chi connectivity index (χ2n) is 4.50. The molecule has 0 atom stereocenters. The van der Waals surface area contributed by atoms with E-state index in [1.165, 1.54) is 10.6 Å². The van der Waals surface area contributed by atoms with E-state index in [1.807, 2.05) is 24.3 Å². The molecule has 0 spiro atoms. The third-order valence-electron chi connectivity index (χ3n) is 3.22. The first kappa shape index (κ1) is 12.5. The smallest absolute Gasteiger partial charge is 0.326 e. The number of benzene rings is 2. The fourth-order valence-corrected chi connectivity index (χ4v) is 2.28. The minimum absolute atomic E-state index is 0.289. The summed E-state index contributed by atoms with van der Waals surface area (Å²) in [7, 11) is 1.58. The average Bonchev–Trinajstić information content (AvgIpc) is 2.77. The topological polar surface area (TPSA) is 47.0 Å². The highest BCUT2D eigenvalue weighted by Gasteiger charge is 2.11. The quantitative estimate of drug-likeness (QED) is 0.796. The highest BCUT2D eigenvalue weighted by atomic mass is 19.1. The maximum absolute atomic E-state index is 13.9. The van der Waals surface area contributed by atoms with Crippen LogP contribution in [0.1, 0.15) is 5.56 Å². The highest BCUT2D eigenvalue weighted by molar-refractivity contribution is 5.75. The summed E-state index contributed by atoms with van der Waals surface area (Å²) in [5.41, 5.74) is 1.33. The highest BCUT2D eigenvalue weighted by Crippen LogP contribution is 2.17. The number of ether oxygens (including phenoxy) is 1. The van der Waals surface area contributed by atoms with Crippen LogP contribution in [-0.4, -0.2) is 16.7 Å². The van der Waals surface area contributed by atoms with Crippen LogP contribution >= 0.6 is 0 Å². The van der Waals surface area contributed by atoms with Crippen molar-refractivity contribution in [3.8, 4) is 5.75 Å². The first-order chi connectivity index (χ1) is 9.69. The van der Waals surface area contributed by atoms with E-state index in [-0.39, 0.29) is 12.2 Å². The molecule has 1 N–H and O–H groups in total. The van der Waals surface area contributed by atoms with Crippen molar-refractivity contribution in [1.29, 1.82) is 0 Å². The third-order valence-corrected chi connectivity index (χ3v) is 3.22. The van der Waals surface area contributed by atoms with Crippen LogP contribution in [0.25, 0.3) is 11.0 Å². The van der Waals surface area contributed by atoms with Gasteiger partial charge in [0.1, 0.15) is 17.1 Å². The Morgan fingerprint density at radius 1 is 1.25 bits per heavy atom. The van der Waals surface area contributed by atoms with E-state index in [9.17, 15) is 9.18 Å². The van der Waals surface area contributed by atoms with E-state index < -0.39 is 5.82 Å². The molecule has 0 saturated carbocycles. The predicted molar refractivity (Wildman–Crippen MR) is 74.6 cm³/mol. The van der Waals surface area contributed by atoms with Gasteiger partial charge in [0.15, 0.2) is 0 Å². The number of fused-ring (bicyclic) bond motifs is 1. The zero-order chi connectivity index (χ0) is 14.1. The Balaban J connectivity index is 2.10. The molecule has 0 aliphatic heterocycles. The van der Waals surface area contributed by atoms with E-state index in [0.717, 1.165) is 5.56 Å². The van der Waals surface area contributed by atoms with Crippen molar-refractivity contribution in [2.24, 2.45) is 0 Å². The molecule has 5 heteroatoms. The largest absolute Gasteiger partial charge is 0.497 e. The minimum atomic E-state index is -0.413. The number of H-pyrrole nitrogens is 1. The Hall–Kier alpha value is -2.56. The number of aromatic amines is 1. The van der Waals surface area contributed by atoms with Gasteiger partial charge in [0.05, 0.1) is 19.2 Å². The third kappa shape index (κ3) is 2.07. The summed E-state index contributed by atoms with van der Waals surface area (Å²) >= 11 is 0. The number of rotatable bonds is 3. The molecule has 0 unspecified atom stereocenters. The lowest BCUT2D eigenvalue weighted by atomic mass is 10.2. The van der Waals surface area contributed by atoms with Gasteiger partial charge in [-0.1, -0.05) is 18.2 Å². The summed E-state index contributed by atoms with van der Waals surface area (Å²) in [6.07, 6.45) is 0. The van der Waals surface area contributed by atoms with Gasteiger partial charge >= 0.3 is 5.69 Å². The van der Waals surface area contributed by atoms with Gasteiger partial charge in [0.2, 0.25) is 0 Å². The maximum Gasteiger partial charge on any atom is 0.326 e. The summed E-state index contributed by atoms with van der Waals surface area (Å²) in [6, 6.07) is 12.0. The SMILES string of the molecule is COc1cccc(Cn2c(=O)[nH]c3cccc(F)c32)c1. The summed E-state index contributed by atoms with van der Waals surface area (Å²) in [5, 5.41) is 0. The summed E-state index contributed by atoms with van der Waals surface area (Å²) in [5.74, 6) is 0.291. The number of para-hydroxylation sites is 1. The van der Waals surface area contributed by atoms with Gasteiger partial charge in [0, 0.05) is 0 Å². The Kier molecular flexibility index (Phi) is 3.02. The van der Waals surface area contributed by atoms with Crippen molar-refractivity contribution < 1.29 is 9.13 Å². The lowest BCUT2D eigenvalue weighted by Gasteiger charge is -2.06. The molecule has 0 amide bonds. The van der Waals surface area contributed by atoms with Crippen molar-refractivity contribution in [3.05, 3.63) is 64.3 Å². The number of methoxy groups -OCH3 is 1. The van der Waals surface area contributed by atoms with E-state index in [4.69, 9.17) is 4.74 Å². The molecular weight excluding hydrogens is 259 g/mol. The molecule has 0 aliphatic rings. The molecule has 0 radical (unpaired) electrons. The lowest BCUT2D eigenvalue weighted by Crippen LogP contribution is -2.17. The standard InChI is InChI=1S/C15H13FN2O2/c1-20-11-5-2-4-10(8-11)9-18-14-12(16)6-3-7-13(14)17-15(18)19/h2-8H,9H2,1H3,(H,17,19). The molecule has 2 aromatic carbocycles. The molecule has 3 aromatic rings. The van der Waals surface area contributed by atoms with Crippen LogP contribution in [0, 0.1) is 5.82 Å². The van der Waals surface area contributed by atoms with Crippen molar-refractivity contribution in [3.63, 3.8) is 0 Å². The number of halogens is 1. The molecule has 0 aliphatic carbocycles. The van der Waals surface area contributed by atoms with Crippen molar-refractivity contribution in [1.82, 2.24) is 9.55 Å². The summed E-state index contributed by atoms with van der Waals surface area (Å²) in [4.78, 5) is 14.6. The second kappa shape index (κ2) is 4.85. The van der Waals surface area contributed by atoms with E-state index in [1.54, 1.807) is 19.2 Å². The zero-order valence-corrected chi connectivity index (χ0v) is 10.9. The molecule has 1 aromatic heterocycles. The average molecular weight is 272 g/mol. The molecule has 0 bridgehead atoms. The normalized spacial score (nSPS) is 10.9. The van der Waals surface area contributed by atoms with Gasteiger partial charge in [0.25, 0.3) is 0 Å². The number of aromatic nitrogens is 2. The zero-order valence-electron chi connectivity index (χ0n) is 10.9. The van der Waals surface area contributed by atoms with Gasteiger partial charge in [-0.15, -0.1) is 0 Å². The number of nitrogens with one attached hydrogen (secondary N) is 1. The Morgan fingerprint density at radius 2 is 2.05 bits per heavy atom. The first-order valence-corrected chi connectivity index (χ1v) is 6.19. The lowest BCUT2D eigenvalue weighted by molar-refractivity contribution is 0.414. The predicted octanol–water partition coefficient (Wildman–Crippen LogP) is 2.53. The van der Waals surface area contributed by atoms with Gasteiger partial charge in [-0.25, -0.2) is 9.18 Å². The second-order valence-corrected chi connectivity index (χ2v) is 4.50. The van der Waals surface area contributed by atoms with E-state index in [0.29, 0.717) is 16.8 Å². The summed E-state index contributed by atoms with van der Waals surface area (Å²) in [6.45, 7) is 0.289. The fourth-order valence-electron chi connectivity index (χ4n) is 2.28. The van der Waals surface area contributed by atoms with Crippen LogP contribution < -0.4 is 10.4 Å². The van der Waals surface area contributed by atoms with Gasteiger partial charge < -0.3 is 9.72 Å². The van der Waals surface area contributed by atoms with Crippen LogP contribution in [0.5, 0.6) is 5.75 Å². The van der Waals surface area contributed by atoms with Crippen molar-refractivity contribution in [2.75, 3.05) is 7.11 Å². The number of imidazole rings is 1. The van der Waals surface area contributed by atoms with Gasteiger partial charge in [-0.05, 0) is 29.8 Å². The van der Waals surface area contributed by atoms with Gasteiger partial charge in [-0.3, -0.25) is 4.57 Å². The van der Waals surface area contributed by atoms with Crippen LogP contribution in [0.3, 0.4) is 0 Å². The van der Waals surface area contributed by atoms with Crippen LogP contribution in [-0.2, 0) is 6.54 Å². The molecule has 102 valence electrons. The van der Waals surface area contributed by atoms with Gasteiger partial charge in [-0.2, -0.15) is 0 Å². The molecule has 4 nitrogen and oxygen atoms in total. The Bertz CT molecular complexity index is 820. The molecule has 1 heterocycles. The molecule has 3 rings (SSSR count). The van der Waals surface area contributed by atoms with E-state index in [2.05, 4.69) is 4.98 Å². The van der Waals surface area contributed by atoms with Crippen LogP contribution in [0.15, 0.2) is 47.3 Å². The summed E-state index contributed by atoms with van der Waals surface area (Å²) < 4.78 is 20.4. The number of hydrogen-bond donors (Lipinski definition) is 1. The van der Waals surface area contributed by atoms with Crippen LogP contribution in [0.2, 0.25) is 0 Å². The van der Waals surface area contributed by atoms with Crippen molar-refractivity contribution >= 4 is 11.0 Å². The molecule has 0 saturated heterocycles. The number of hydrogen-bond acceptors (Lipinski definition) is 2. The number of nitrogens with zero attached hydrogens (tertiary/aromatic N) is 1. The fraction of sp³-hybridized carbons (Fsp3) is 0.133.